The summed E-state index contributed by atoms with van der Waals surface area (Å²) in [7, 11) is 0. The molecule has 3 unspecified atom stereocenters. The van der Waals surface area contributed by atoms with Crippen molar-refractivity contribution < 1.29 is 0 Å². The van der Waals surface area contributed by atoms with Crippen molar-refractivity contribution in [3.8, 4) is 0 Å². The molecule has 2 heteroatoms. The van der Waals surface area contributed by atoms with E-state index in [-0.39, 0.29) is 0 Å². The molecule has 0 aliphatic carbocycles. The van der Waals surface area contributed by atoms with Crippen molar-refractivity contribution in [1.82, 2.24) is 10.2 Å². The lowest BCUT2D eigenvalue weighted by Gasteiger charge is -2.34. The summed E-state index contributed by atoms with van der Waals surface area (Å²) in [6.45, 7) is 11.9. The Morgan fingerprint density at radius 1 is 1.06 bits per heavy atom. The molecule has 0 spiro atoms. The molecule has 1 N–H and O–H groups in total. The SMILES string of the molecule is CCCCCCC(C)N1CCC(C)NC(C)CC1. The molecule has 3 atom stereocenters. The maximum Gasteiger partial charge on any atom is 0.00669 e. The third-order valence-electron chi connectivity index (χ3n) is 4.37. The second-order valence-electron chi connectivity index (χ2n) is 6.28. The summed E-state index contributed by atoms with van der Waals surface area (Å²) in [6.07, 6.45) is 9.56. The van der Waals surface area contributed by atoms with Crippen LogP contribution in [0.5, 0.6) is 0 Å². The van der Waals surface area contributed by atoms with Gasteiger partial charge in [0.25, 0.3) is 0 Å². The molecule has 1 fully saturated rings. The molecule has 0 bridgehead atoms. The minimum atomic E-state index is 0.676. The van der Waals surface area contributed by atoms with Crippen molar-refractivity contribution in [3.63, 3.8) is 0 Å². The monoisotopic (exact) mass is 254 g/mol. The first-order valence-corrected chi connectivity index (χ1v) is 8.13. The van der Waals surface area contributed by atoms with Gasteiger partial charge in [0.1, 0.15) is 0 Å². The largest absolute Gasteiger partial charge is 0.312 e. The molecule has 1 aliphatic rings. The summed E-state index contributed by atoms with van der Waals surface area (Å²) in [6, 6.07) is 2.13. The topological polar surface area (TPSA) is 15.3 Å². The summed E-state index contributed by atoms with van der Waals surface area (Å²) < 4.78 is 0. The summed E-state index contributed by atoms with van der Waals surface area (Å²) in [5.41, 5.74) is 0. The van der Waals surface area contributed by atoms with Crippen molar-refractivity contribution in [2.24, 2.45) is 0 Å². The standard InChI is InChI=1S/C16H34N2/c1-5-6-7-8-9-16(4)18-12-10-14(2)17-15(3)11-13-18/h14-17H,5-13H2,1-4H3. The smallest absolute Gasteiger partial charge is 0.00669 e. The van der Waals surface area contributed by atoms with Crippen LogP contribution in [0.1, 0.15) is 72.6 Å². The van der Waals surface area contributed by atoms with E-state index in [2.05, 4.69) is 37.9 Å². The van der Waals surface area contributed by atoms with E-state index >= 15 is 0 Å². The van der Waals surface area contributed by atoms with Crippen LogP contribution in [0.15, 0.2) is 0 Å². The highest BCUT2D eigenvalue weighted by molar-refractivity contribution is 4.77. The van der Waals surface area contributed by atoms with Gasteiger partial charge in [0.15, 0.2) is 0 Å². The Morgan fingerprint density at radius 2 is 1.67 bits per heavy atom. The zero-order valence-corrected chi connectivity index (χ0v) is 13.0. The third-order valence-corrected chi connectivity index (χ3v) is 4.37. The first-order valence-electron chi connectivity index (χ1n) is 8.13. The van der Waals surface area contributed by atoms with Gasteiger partial charge < -0.3 is 10.2 Å². The van der Waals surface area contributed by atoms with Gasteiger partial charge in [-0.05, 0) is 53.1 Å². The third kappa shape index (κ3) is 6.19. The molecule has 1 aliphatic heterocycles. The average molecular weight is 254 g/mol. The van der Waals surface area contributed by atoms with Crippen LogP contribution < -0.4 is 5.32 Å². The van der Waals surface area contributed by atoms with E-state index in [0.29, 0.717) is 12.1 Å². The molecule has 0 aromatic rings. The van der Waals surface area contributed by atoms with Crippen molar-refractivity contribution >= 4 is 0 Å². The van der Waals surface area contributed by atoms with Crippen LogP contribution in [0.2, 0.25) is 0 Å². The second-order valence-corrected chi connectivity index (χ2v) is 6.28. The fourth-order valence-electron chi connectivity index (χ4n) is 2.97. The Hall–Kier alpha value is -0.0800. The Balaban J connectivity index is 2.28. The Morgan fingerprint density at radius 3 is 2.22 bits per heavy atom. The van der Waals surface area contributed by atoms with Crippen molar-refractivity contribution in [2.45, 2.75) is 90.8 Å². The Bertz CT molecular complexity index is 193. The molecule has 18 heavy (non-hydrogen) atoms. The van der Waals surface area contributed by atoms with E-state index in [1.807, 2.05) is 0 Å². The lowest BCUT2D eigenvalue weighted by molar-refractivity contribution is 0.162. The number of hydrogen-bond donors (Lipinski definition) is 1. The van der Waals surface area contributed by atoms with Crippen molar-refractivity contribution in [1.29, 1.82) is 0 Å². The fourth-order valence-corrected chi connectivity index (χ4v) is 2.97. The lowest BCUT2D eigenvalue weighted by atomic mass is 10.0. The molecule has 0 amide bonds. The maximum absolute atomic E-state index is 3.67. The molecular weight excluding hydrogens is 220 g/mol. The molecule has 0 radical (unpaired) electrons. The van der Waals surface area contributed by atoms with Gasteiger partial charge in [-0.2, -0.15) is 0 Å². The summed E-state index contributed by atoms with van der Waals surface area (Å²) in [4.78, 5) is 2.72. The van der Waals surface area contributed by atoms with E-state index in [4.69, 9.17) is 0 Å². The normalized spacial score (nSPS) is 28.7. The second kappa shape index (κ2) is 8.92. The summed E-state index contributed by atoms with van der Waals surface area (Å²) in [5.74, 6) is 0. The van der Waals surface area contributed by atoms with E-state index in [1.54, 1.807) is 0 Å². The van der Waals surface area contributed by atoms with Gasteiger partial charge in [0, 0.05) is 18.1 Å². The highest BCUT2D eigenvalue weighted by atomic mass is 15.2. The Kier molecular flexibility index (Phi) is 7.92. The zero-order chi connectivity index (χ0) is 13.4. The van der Waals surface area contributed by atoms with Crippen LogP contribution in [-0.2, 0) is 0 Å². The molecule has 2 nitrogen and oxygen atoms in total. The van der Waals surface area contributed by atoms with Gasteiger partial charge in [-0.1, -0.05) is 32.6 Å². The number of hydrogen-bond acceptors (Lipinski definition) is 2. The lowest BCUT2D eigenvalue weighted by Crippen LogP contribution is -2.45. The van der Waals surface area contributed by atoms with Crippen LogP contribution in [0.3, 0.4) is 0 Å². The summed E-state index contributed by atoms with van der Waals surface area (Å²) in [5, 5.41) is 3.67. The van der Waals surface area contributed by atoms with Crippen LogP contribution in [-0.4, -0.2) is 36.1 Å². The van der Waals surface area contributed by atoms with E-state index < -0.39 is 0 Å². The van der Waals surface area contributed by atoms with Gasteiger partial charge in [0.05, 0.1) is 0 Å². The zero-order valence-electron chi connectivity index (χ0n) is 13.0. The number of nitrogens with one attached hydrogen (secondary N) is 1. The fraction of sp³-hybridized carbons (Fsp3) is 1.00. The van der Waals surface area contributed by atoms with Gasteiger partial charge in [-0.25, -0.2) is 0 Å². The number of rotatable bonds is 6. The highest BCUT2D eigenvalue weighted by Crippen LogP contribution is 2.14. The van der Waals surface area contributed by atoms with Gasteiger partial charge in [-0.15, -0.1) is 0 Å². The van der Waals surface area contributed by atoms with Gasteiger partial charge in [0.2, 0.25) is 0 Å². The minimum Gasteiger partial charge on any atom is -0.312 e. The van der Waals surface area contributed by atoms with Crippen LogP contribution >= 0.6 is 0 Å². The number of nitrogens with zero attached hydrogens (tertiary/aromatic N) is 1. The van der Waals surface area contributed by atoms with Crippen LogP contribution in [0.25, 0.3) is 0 Å². The first-order chi connectivity index (χ1) is 8.63. The minimum absolute atomic E-state index is 0.676. The summed E-state index contributed by atoms with van der Waals surface area (Å²) >= 11 is 0. The maximum atomic E-state index is 3.67. The number of unbranched alkanes of at least 4 members (excludes halogenated alkanes) is 3. The predicted molar refractivity (Wildman–Crippen MR) is 81.1 cm³/mol. The molecule has 1 heterocycles. The molecule has 1 saturated heterocycles. The molecule has 0 aromatic carbocycles. The molecular formula is C16H34N2. The van der Waals surface area contributed by atoms with Gasteiger partial charge in [-0.3, -0.25) is 0 Å². The Labute approximate surface area is 115 Å². The van der Waals surface area contributed by atoms with Gasteiger partial charge >= 0.3 is 0 Å². The predicted octanol–water partition coefficient (Wildman–Crippen LogP) is 3.81. The van der Waals surface area contributed by atoms with Crippen LogP contribution in [0, 0.1) is 0 Å². The van der Waals surface area contributed by atoms with Crippen molar-refractivity contribution in [2.75, 3.05) is 13.1 Å². The molecule has 0 aromatic heterocycles. The van der Waals surface area contributed by atoms with E-state index in [1.165, 1.54) is 58.0 Å². The van der Waals surface area contributed by atoms with E-state index in [0.717, 1.165) is 6.04 Å². The molecule has 0 saturated carbocycles. The highest BCUT2D eigenvalue weighted by Gasteiger charge is 2.19. The van der Waals surface area contributed by atoms with Crippen LogP contribution in [0.4, 0.5) is 0 Å². The quantitative estimate of drug-likeness (QED) is 0.725. The average Bonchev–Trinajstić information content (AvgIpc) is 2.32. The molecule has 1 rings (SSSR count). The first kappa shape index (κ1) is 16.0. The molecule has 108 valence electrons. The van der Waals surface area contributed by atoms with E-state index in [9.17, 15) is 0 Å². The van der Waals surface area contributed by atoms with Crippen molar-refractivity contribution in [3.05, 3.63) is 0 Å².